The summed E-state index contributed by atoms with van der Waals surface area (Å²) in [4.78, 5) is 0. The van der Waals surface area contributed by atoms with Gasteiger partial charge in [0, 0.05) is 12.1 Å². The number of para-hydroxylation sites is 1. The van der Waals surface area contributed by atoms with Gasteiger partial charge in [0.15, 0.2) is 5.11 Å². The van der Waals surface area contributed by atoms with E-state index >= 15 is 0 Å². The summed E-state index contributed by atoms with van der Waals surface area (Å²) in [7, 11) is 0. The standard InChI is InChI=1S/C17H17Cl2N3OS/c1-2-20-17(24)22-21-10-13-5-3-4-6-16(13)23-11-12-7-8-14(18)15(19)9-12/h3-10H,2,11H2,1H3,(H2,20,22,24). The molecule has 2 aromatic rings. The fourth-order valence-electron chi connectivity index (χ4n) is 1.87. The van der Waals surface area contributed by atoms with E-state index in [2.05, 4.69) is 15.8 Å². The number of rotatable bonds is 6. The third kappa shape index (κ3) is 5.67. The summed E-state index contributed by atoms with van der Waals surface area (Å²) in [6, 6.07) is 13.0. The van der Waals surface area contributed by atoms with Crippen molar-refractivity contribution in [2.24, 2.45) is 5.10 Å². The average molecular weight is 382 g/mol. The zero-order chi connectivity index (χ0) is 17.4. The van der Waals surface area contributed by atoms with Gasteiger partial charge >= 0.3 is 0 Å². The van der Waals surface area contributed by atoms with Crippen LogP contribution in [0.15, 0.2) is 47.6 Å². The lowest BCUT2D eigenvalue weighted by molar-refractivity contribution is 0.306. The van der Waals surface area contributed by atoms with Gasteiger partial charge in [0.2, 0.25) is 0 Å². The topological polar surface area (TPSA) is 45.7 Å². The molecule has 0 aromatic heterocycles. The number of halogens is 2. The van der Waals surface area contributed by atoms with Crippen molar-refractivity contribution in [3.8, 4) is 5.75 Å². The summed E-state index contributed by atoms with van der Waals surface area (Å²) in [6.07, 6.45) is 1.66. The van der Waals surface area contributed by atoms with Crippen molar-refractivity contribution in [2.45, 2.75) is 13.5 Å². The van der Waals surface area contributed by atoms with Gasteiger partial charge in [0.05, 0.1) is 16.3 Å². The van der Waals surface area contributed by atoms with Crippen LogP contribution in [0.3, 0.4) is 0 Å². The Kier molecular flexibility index (Phi) is 7.31. The molecule has 126 valence electrons. The molecule has 0 aliphatic carbocycles. The number of hydrogen-bond acceptors (Lipinski definition) is 3. The van der Waals surface area contributed by atoms with Crippen molar-refractivity contribution in [1.82, 2.24) is 10.7 Å². The lowest BCUT2D eigenvalue weighted by Crippen LogP contribution is -2.31. The van der Waals surface area contributed by atoms with E-state index in [-0.39, 0.29) is 0 Å². The van der Waals surface area contributed by atoms with Gasteiger partial charge in [-0.05, 0) is 49.0 Å². The van der Waals surface area contributed by atoms with Crippen LogP contribution in [0.1, 0.15) is 18.1 Å². The summed E-state index contributed by atoms with van der Waals surface area (Å²) in [5, 5.41) is 8.57. The molecule has 0 spiro atoms. The van der Waals surface area contributed by atoms with Crippen molar-refractivity contribution in [3.05, 3.63) is 63.6 Å². The molecule has 0 aliphatic rings. The Hall–Kier alpha value is -1.82. The zero-order valence-electron chi connectivity index (χ0n) is 13.1. The molecule has 0 aliphatic heterocycles. The number of benzene rings is 2. The predicted octanol–water partition coefficient (Wildman–Crippen LogP) is 4.39. The highest BCUT2D eigenvalue weighted by molar-refractivity contribution is 7.80. The van der Waals surface area contributed by atoms with E-state index in [1.54, 1.807) is 18.3 Å². The highest BCUT2D eigenvalue weighted by Gasteiger charge is 2.04. The van der Waals surface area contributed by atoms with Gasteiger partial charge in [-0.25, -0.2) is 0 Å². The largest absolute Gasteiger partial charge is 0.488 e. The zero-order valence-corrected chi connectivity index (χ0v) is 15.4. The highest BCUT2D eigenvalue weighted by Crippen LogP contribution is 2.24. The smallest absolute Gasteiger partial charge is 0.186 e. The van der Waals surface area contributed by atoms with Crippen LogP contribution < -0.4 is 15.5 Å². The minimum absolute atomic E-state index is 0.380. The van der Waals surface area contributed by atoms with Crippen LogP contribution in [-0.2, 0) is 6.61 Å². The van der Waals surface area contributed by atoms with Crippen LogP contribution >= 0.6 is 35.4 Å². The Morgan fingerprint density at radius 3 is 2.75 bits per heavy atom. The number of hydrazone groups is 1. The SMILES string of the molecule is CCNC(=S)NN=Cc1ccccc1OCc1ccc(Cl)c(Cl)c1. The van der Waals surface area contributed by atoms with Gasteiger partial charge in [-0.1, -0.05) is 41.4 Å². The second-order valence-electron chi connectivity index (χ2n) is 4.80. The van der Waals surface area contributed by atoms with E-state index in [9.17, 15) is 0 Å². The van der Waals surface area contributed by atoms with Gasteiger partial charge in [-0.3, -0.25) is 5.43 Å². The number of nitrogens with one attached hydrogen (secondary N) is 2. The van der Waals surface area contributed by atoms with Crippen molar-refractivity contribution in [1.29, 1.82) is 0 Å². The molecule has 0 bridgehead atoms. The van der Waals surface area contributed by atoms with E-state index in [1.807, 2.05) is 37.3 Å². The van der Waals surface area contributed by atoms with Gasteiger partial charge in [-0.15, -0.1) is 0 Å². The van der Waals surface area contributed by atoms with Gasteiger partial charge in [-0.2, -0.15) is 5.10 Å². The normalized spacial score (nSPS) is 10.6. The average Bonchev–Trinajstić information content (AvgIpc) is 2.57. The van der Waals surface area contributed by atoms with Crippen molar-refractivity contribution < 1.29 is 4.74 Å². The first-order chi connectivity index (χ1) is 11.6. The van der Waals surface area contributed by atoms with Gasteiger partial charge in [0.1, 0.15) is 12.4 Å². The first-order valence-corrected chi connectivity index (χ1v) is 8.49. The third-order valence-electron chi connectivity index (χ3n) is 3.00. The van der Waals surface area contributed by atoms with Gasteiger partial charge < -0.3 is 10.1 Å². The second kappa shape index (κ2) is 9.47. The van der Waals surface area contributed by atoms with Gasteiger partial charge in [0.25, 0.3) is 0 Å². The third-order valence-corrected chi connectivity index (χ3v) is 3.98. The van der Waals surface area contributed by atoms with Crippen LogP contribution in [0, 0.1) is 0 Å². The molecule has 0 saturated heterocycles. The Labute approximate surface area is 156 Å². The maximum atomic E-state index is 6.02. The highest BCUT2D eigenvalue weighted by atomic mass is 35.5. The van der Waals surface area contributed by atoms with Crippen LogP contribution in [-0.4, -0.2) is 17.9 Å². The molecule has 2 rings (SSSR count). The molecule has 2 N–H and O–H groups in total. The van der Waals surface area contributed by atoms with E-state index in [0.29, 0.717) is 27.5 Å². The Balaban J connectivity index is 2.01. The molecular weight excluding hydrogens is 365 g/mol. The summed E-state index contributed by atoms with van der Waals surface area (Å²) >= 11 is 17.0. The van der Waals surface area contributed by atoms with Crippen LogP contribution in [0.5, 0.6) is 5.75 Å². The molecule has 24 heavy (non-hydrogen) atoms. The Bertz CT molecular complexity index is 738. The first-order valence-electron chi connectivity index (χ1n) is 7.32. The molecular formula is C17H17Cl2N3OS. The molecule has 0 radical (unpaired) electrons. The van der Waals surface area contributed by atoms with Crippen LogP contribution in [0.4, 0.5) is 0 Å². The number of nitrogens with zero attached hydrogens (tertiary/aromatic N) is 1. The fraction of sp³-hybridized carbons (Fsp3) is 0.176. The second-order valence-corrected chi connectivity index (χ2v) is 6.03. The molecule has 0 saturated carbocycles. The van der Waals surface area contributed by atoms with Crippen molar-refractivity contribution >= 4 is 46.7 Å². The maximum Gasteiger partial charge on any atom is 0.186 e. The lowest BCUT2D eigenvalue weighted by atomic mass is 10.2. The number of hydrogen-bond donors (Lipinski definition) is 2. The number of ether oxygens (including phenoxy) is 1. The molecule has 0 atom stereocenters. The maximum absolute atomic E-state index is 6.02. The molecule has 0 fully saturated rings. The summed E-state index contributed by atoms with van der Waals surface area (Å²) in [5.74, 6) is 0.712. The minimum Gasteiger partial charge on any atom is -0.488 e. The Morgan fingerprint density at radius 2 is 2.00 bits per heavy atom. The summed E-state index contributed by atoms with van der Waals surface area (Å²) in [6.45, 7) is 3.08. The molecule has 7 heteroatoms. The molecule has 0 heterocycles. The summed E-state index contributed by atoms with van der Waals surface area (Å²) < 4.78 is 5.85. The van der Waals surface area contributed by atoms with E-state index in [0.717, 1.165) is 17.7 Å². The molecule has 0 unspecified atom stereocenters. The van der Waals surface area contributed by atoms with Crippen LogP contribution in [0.2, 0.25) is 10.0 Å². The van der Waals surface area contributed by atoms with E-state index in [4.69, 9.17) is 40.2 Å². The van der Waals surface area contributed by atoms with Crippen molar-refractivity contribution in [2.75, 3.05) is 6.54 Å². The molecule has 0 amide bonds. The monoisotopic (exact) mass is 381 g/mol. The van der Waals surface area contributed by atoms with E-state index in [1.165, 1.54) is 0 Å². The quantitative estimate of drug-likeness (QED) is 0.442. The predicted molar refractivity (Wildman–Crippen MR) is 104 cm³/mol. The molecule has 2 aromatic carbocycles. The first kappa shape index (κ1) is 18.5. The van der Waals surface area contributed by atoms with Crippen molar-refractivity contribution in [3.63, 3.8) is 0 Å². The number of thiocarbonyl (C=S) groups is 1. The fourth-order valence-corrected chi connectivity index (χ4v) is 2.39. The van der Waals surface area contributed by atoms with E-state index < -0.39 is 0 Å². The minimum atomic E-state index is 0.380. The summed E-state index contributed by atoms with van der Waals surface area (Å²) in [5.41, 5.74) is 4.52. The Morgan fingerprint density at radius 1 is 1.21 bits per heavy atom. The van der Waals surface area contributed by atoms with Crippen LogP contribution in [0.25, 0.3) is 0 Å². The lowest BCUT2D eigenvalue weighted by Gasteiger charge is -2.10. The molecule has 4 nitrogen and oxygen atoms in total.